The number of hydrogen-bond acceptors (Lipinski definition) is 5. The van der Waals surface area contributed by atoms with Crippen molar-refractivity contribution in [1.29, 1.82) is 0 Å². The minimum absolute atomic E-state index is 0.173. The summed E-state index contributed by atoms with van der Waals surface area (Å²) < 4.78 is 0. The summed E-state index contributed by atoms with van der Waals surface area (Å²) in [5.74, 6) is 1.38. The molecule has 1 saturated heterocycles. The Labute approximate surface area is 165 Å². The van der Waals surface area contributed by atoms with Gasteiger partial charge in [-0.05, 0) is 48.2 Å². The van der Waals surface area contributed by atoms with E-state index in [0.717, 1.165) is 41.0 Å². The lowest BCUT2D eigenvalue weighted by Gasteiger charge is -2.27. The molecule has 0 saturated carbocycles. The van der Waals surface area contributed by atoms with Crippen molar-refractivity contribution in [1.82, 2.24) is 15.3 Å². The largest absolute Gasteiger partial charge is 0.324 e. The standard InChI is InChI=1S/C23H24N4O/c1-15-9-19(4-3-18(15)10-16(2)28)21-13-25-23(26-14-21)27-22-7-5-17(6-8-22)20-11-24-12-20/h3-9,13-14,20,24H,10-12H2,1-2H3,(H,25,26,27). The number of carbonyl (C=O) groups is 1. The molecule has 3 aromatic rings. The predicted molar refractivity (Wildman–Crippen MR) is 112 cm³/mol. The van der Waals surface area contributed by atoms with E-state index in [9.17, 15) is 4.79 Å². The van der Waals surface area contributed by atoms with Crippen molar-refractivity contribution >= 4 is 17.4 Å². The van der Waals surface area contributed by atoms with Gasteiger partial charge in [-0.2, -0.15) is 0 Å². The van der Waals surface area contributed by atoms with Crippen LogP contribution in [0.3, 0.4) is 0 Å². The molecule has 142 valence electrons. The molecule has 0 bridgehead atoms. The summed E-state index contributed by atoms with van der Waals surface area (Å²) in [6, 6.07) is 14.6. The fourth-order valence-electron chi connectivity index (χ4n) is 3.38. The Morgan fingerprint density at radius 2 is 1.79 bits per heavy atom. The Bertz CT molecular complexity index is 976. The lowest BCUT2D eigenvalue weighted by molar-refractivity contribution is -0.116. The number of aryl methyl sites for hydroxylation is 1. The molecular formula is C23H24N4O. The van der Waals surface area contributed by atoms with Crippen molar-refractivity contribution in [3.8, 4) is 11.1 Å². The summed E-state index contributed by atoms with van der Waals surface area (Å²) in [6.45, 7) is 5.77. The second kappa shape index (κ2) is 7.90. The van der Waals surface area contributed by atoms with Crippen LogP contribution in [-0.2, 0) is 11.2 Å². The van der Waals surface area contributed by atoms with Gasteiger partial charge in [0.15, 0.2) is 0 Å². The predicted octanol–water partition coefficient (Wildman–Crippen LogP) is 4.01. The van der Waals surface area contributed by atoms with Gasteiger partial charge in [0.25, 0.3) is 0 Å². The highest BCUT2D eigenvalue weighted by Gasteiger charge is 2.18. The molecule has 5 heteroatoms. The highest BCUT2D eigenvalue weighted by molar-refractivity contribution is 5.79. The minimum atomic E-state index is 0.173. The highest BCUT2D eigenvalue weighted by Crippen LogP contribution is 2.24. The SMILES string of the molecule is CC(=O)Cc1ccc(-c2cnc(Nc3ccc(C4CNC4)cc3)nc2)cc1C. The van der Waals surface area contributed by atoms with Crippen molar-refractivity contribution in [2.24, 2.45) is 0 Å². The number of Topliss-reactive ketones (excluding diaryl/α,β-unsaturated/α-hetero) is 1. The zero-order chi connectivity index (χ0) is 19.5. The molecule has 1 aliphatic rings. The first-order valence-electron chi connectivity index (χ1n) is 9.57. The number of ketones is 1. The highest BCUT2D eigenvalue weighted by atomic mass is 16.1. The van der Waals surface area contributed by atoms with Gasteiger partial charge in [-0.3, -0.25) is 4.79 Å². The molecule has 1 aromatic heterocycles. The summed E-state index contributed by atoms with van der Waals surface area (Å²) in [5, 5.41) is 6.55. The number of rotatable bonds is 6. The molecule has 1 aliphatic heterocycles. The Morgan fingerprint density at radius 1 is 1.07 bits per heavy atom. The van der Waals surface area contributed by atoms with Crippen LogP contribution < -0.4 is 10.6 Å². The van der Waals surface area contributed by atoms with E-state index in [1.54, 1.807) is 6.92 Å². The van der Waals surface area contributed by atoms with E-state index < -0.39 is 0 Å². The monoisotopic (exact) mass is 372 g/mol. The Morgan fingerprint density at radius 3 is 2.36 bits per heavy atom. The first-order valence-corrected chi connectivity index (χ1v) is 9.57. The number of anilines is 2. The van der Waals surface area contributed by atoms with Crippen molar-refractivity contribution in [3.63, 3.8) is 0 Å². The fourth-order valence-corrected chi connectivity index (χ4v) is 3.38. The van der Waals surface area contributed by atoms with Gasteiger partial charge in [0, 0.05) is 49.1 Å². The molecule has 0 spiro atoms. The third-order valence-corrected chi connectivity index (χ3v) is 5.19. The van der Waals surface area contributed by atoms with Crippen molar-refractivity contribution in [2.45, 2.75) is 26.2 Å². The second-order valence-corrected chi connectivity index (χ2v) is 7.42. The van der Waals surface area contributed by atoms with Crippen LogP contribution in [-0.4, -0.2) is 28.8 Å². The molecular weight excluding hydrogens is 348 g/mol. The van der Waals surface area contributed by atoms with Gasteiger partial charge in [0.1, 0.15) is 5.78 Å². The molecule has 0 atom stereocenters. The van der Waals surface area contributed by atoms with Crippen LogP contribution in [0.4, 0.5) is 11.6 Å². The zero-order valence-electron chi connectivity index (χ0n) is 16.2. The average molecular weight is 372 g/mol. The van der Waals surface area contributed by atoms with Crippen LogP contribution in [0.15, 0.2) is 54.9 Å². The van der Waals surface area contributed by atoms with E-state index in [1.807, 2.05) is 31.5 Å². The van der Waals surface area contributed by atoms with E-state index >= 15 is 0 Å². The number of hydrogen-bond donors (Lipinski definition) is 2. The van der Waals surface area contributed by atoms with Crippen LogP contribution in [0.2, 0.25) is 0 Å². The number of nitrogens with zero attached hydrogens (tertiary/aromatic N) is 2. The molecule has 0 aliphatic carbocycles. The van der Waals surface area contributed by atoms with E-state index in [1.165, 1.54) is 5.56 Å². The minimum Gasteiger partial charge on any atom is -0.324 e. The molecule has 28 heavy (non-hydrogen) atoms. The molecule has 4 rings (SSSR count). The van der Waals surface area contributed by atoms with Crippen LogP contribution in [0.5, 0.6) is 0 Å². The molecule has 0 radical (unpaired) electrons. The summed E-state index contributed by atoms with van der Waals surface area (Å²) in [4.78, 5) is 20.2. The fraction of sp³-hybridized carbons (Fsp3) is 0.261. The van der Waals surface area contributed by atoms with Gasteiger partial charge in [0.2, 0.25) is 5.95 Å². The van der Waals surface area contributed by atoms with Crippen molar-refractivity contribution in [3.05, 3.63) is 71.5 Å². The average Bonchev–Trinajstić information content (AvgIpc) is 2.64. The van der Waals surface area contributed by atoms with Gasteiger partial charge in [-0.15, -0.1) is 0 Å². The van der Waals surface area contributed by atoms with E-state index in [-0.39, 0.29) is 5.78 Å². The van der Waals surface area contributed by atoms with Crippen LogP contribution in [0, 0.1) is 6.92 Å². The van der Waals surface area contributed by atoms with Gasteiger partial charge >= 0.3 is 0 Å². The van der Waals surface area contributed by atoms with Crippen LogP contribution in [0.1, 0.15) is 29.5 Å². The topological polar surface area (TPSA) is 66.9 Å². The number of aromatic nitrogens is 2. The number of benzene rings is 2. The molecule has 2 N–H and O–H groups in total. The van der Waals surface area contributed by atoms with Crippen LogP contribution >= 0.6 is 0 Å². The third-order valence-electron chi connectivity index (χ3n) is 5.19. The smallest absolute Gasteiger partial charge is 0.227 e. The van der Waals surface area contributed by atoms with Gasteiger partial charge in [-0.1, -0.05) is 30.3 Å². The Balaban J connectivity index is 1.45. The number of carbonyl (C=O) groups excluding carboxylic acids is 1. The Hall–Kier alpha value is -3.05. The van der Waals surface area contributed by atoms with E-state index in [4.69, 9.17) is 0 Å². The molecule has 0 amide bonds. The zero-order valence-corrected chi connectivity index (χ0v) is 16.2. The third kappa shape index (κ3) is 4.10. The molecule has 0 unspecified atom stereocenters. The maximum Gasteiger partial charge on any atom is 0.227 e. The van der Waals surface area contributed by atoms with Gasteiger partial charge in [0.05, 0.1) is 0 Å². The maximum atomic E-state index is 11.3. The first-order chi connectivity index (χ1) is 13.6. The number of nitrogens with one attached hydrogen (secondary N) is 2. The van der Waals surface area contributed by atoms with E-state index in [2.05, 4.69) is 50.9 Å². The molecule has 2 heterocycles. The lowest BCUT2D eigenvalue weighted by atomic mass is 9.94. The quantitative estimate of drug-likeness (QED) is 0.684. The first kappa shape index (κ1) is 18.3. The second-order valence-electron chi connectivity index (χ2n) is 7.42. The summed E-state index contributed by atoms with van der Waals surface area (Å²) in [7, 11) is 0. The molecule has 2 aromatic carbocycles. The lowest BCUT2D eigenvalue weighted by Crippen LogP contribution is -2.39. The van der Waals surface area contributed by atoms with Gasteiger partial charge in [-0.25, -0.2) is 9.97 Å². The Kier molecular flexibility index (Phi) is 5.17. The van der Waals surface area contributed by atoms with Crippen molar-refractivity contribution < 1.29 is 4.79 Å². The molecule has 1 fully saturated rings. The molecule has 5 nitrogen and oxygen atoms in total. The summed E-state index contributed by atoms with van der Waals surface area (Å²) >= 11 is 0. The normalized spacial score (nSPS) is 13.8. The summed E-state index contributed by atoms with van der Waals surface area (Å²) in [6.07, 6.45) is 4.12. The van der Waals surface area contributed by atoms with Gasteiger partial charge < -0.3 is 10.6 Å². The van der Waals surface area contributed by atoms with Crippen LogP contribution in [0.25, 0.3) is 11.1 Å². The summed E-state index contributed by atoms with van der Waals surface area (Å²) in [5.41, 5.74) is 6.52. The van der Waals surface area contributed by atoms with Crippen molar-refractivity contribution in [2.75, 3.05) is 18.4 Å². The van der Waals surface area contributed by atoms with E-state index in [0.29, 0.717) is 18.3 Å². The maximum absolute atomic E-state index is 11.3.